The average molecular weight is 170 g/mol. The number of hydrogen-bond acceptors (Lipinski definition) is 1. The standard InChI is InChI=1S/C12H10O/c1-13-11-7-3-6-10-12-8-4-2-5-9-12/h2,4-6,8-10H,1H3/b10-6+. The lowest BCUT2D eigenvalue weighted by molar-refractivity contribution is 0.301. The van der Waals surface area contributed by atoms with E-state index in [9.17, 15) is 0 Å². The van der Waals surface area contributed by atoms with E-state index in [1.54, 1.807) is 6.08 Å². The smallest absolute Gasteiger partial charge is 0.217 e. The first-order valence-corrected chi connectivity index (χ1v) is 3.93. The molecule has 1 aromatic carbocycles. The van der Waals surface area contributed by atoms with Crippen LogP contribution in [-0.2, 0) is 4.74 Å². The lowest BCUT2D eigenvalue weighted by Gasteiger charge is -1.87. The molecule has 0 atom stereocenters. The third kappa shape index (κ3) is 4.15. The van der Waals surface area contributed by atoms with Gasteiger partial charge >= 0.3 is 0 Å². The fourth-order valence-corrected chi connectivity index (χ4v) is 0.824. The van der Waals surface area contributed by atoms with Gasteiger partial charge in [0.15, 0.2) is 0 Å². The van der Waals surface area contributed by atoms with E-state index in [0.29, 0.717) is 0 Å². The lowest BCUT2D eigenvalue weighted by atomic mass is 10.2. The van der Waals surface area contributed by atoms with E-state index < -0.39 is 0 Å². The second-order valence-electron chi connectivity index (χ2n) is 2.32. The van der Waals surface area contributed by atoms with Crippen LogP contribution in [0.1, 0.15) is 5.56 Å². The van der Waals surface area contributed by atoms with E-state index in [1.807, 2.05) is 36.4 Å². The molecule has 0 aliphatic carbocycles. The molecule has 0 aliphatic rings. The highest BCUT2D eigenvalue weighted by Gasteiger charge is 1.79. The van der Waals surface area contributed by atoms with Gasteiger partial charge in [0.25, 0.3) is 0 Å². The van der Waals surface area contributed by atoms with Crippen LogP contribution in [0.3, 0.4) is 0 Å². The summed E-state index contributed by atoms with van der Waals surface area (Å²) < 4.78 is 4.54. The molecule has 64 valence electrons. The van der Waals surface area contributed by atoms with E-state index in [-0.39, 0.29) is 0 Å². The van der Waals surface area contributed by atoms with Gasteiger partial charge in [0.05, 0.1) is 0 Å². The molecule has 2 radical (unpaired) electrons. The highest BCUT2D eigenvalue weighted by Crippen LogP contribution is 1.99. The summed E-state index contributed by atoms with van der Waals surface area (Å²) in [5, 5.41) is 0. The van der Waals surface area contributed by atoms with Crippen molar-refractivity contribution in [3.05, 3.63) is 48.6 Å². The summed E-state index contributed by atoms with van der Waals surface area (Å²) in [6, 6.07) is 9.99. The largest absolute Gasteiger partial charge is 0.358 e. The fraction of sp³-hybridized carbons (Fsp3) is 0.0833. The van der Waals surface area contributed by atoms with Crippen molar-refractivity contribution >= 4 is 6.08 Å². The molecule has 0 spiro atoms. The first-order valence-electron chi connectivity index (χ1n) is 3.93. The molecule has 0 fully saturated rings. The molecule has 0 saturated heterocycles. The van der Waals surface area contributed by atoms with Crippen molar-refractivity contribution in [2.75, 3.05) is 7.11 Å². The van der Waals surface area contributed by atoms with E-state index in [0.717, 1.165) is 5.56 Å². The van der Waals surface area contributed by atoms with Crippen molar-refractivity contribution in [2.24, 2.45) is 0 Å². The third-order valence-corrected chi connectivity index (χ3v) is 1.38. The number of allylic oxidation sites excluding steroid dienone is 1. The SMILES string of the molecule is CO[C]C#C/C=C/c1ccccc1. The number of hydrogen-bond donors (Lipinski definition) is 0. The predicted octanol–water partition coefficient (Wildman–Crippen LogP) is 2.39. The summed E-state index contributed by atoms with van der Waals surface area (Å²) in [6.07, 6.45) is 3.70. The molecule has 13 heavy (non-hydrogen) atoms. The number of methoxy groups -OCH3 is 1. The Kier molecular flexibility index (Phi) is 4.45. The van der Waals surface area contributed by atoms with Crippen LogP contribution in [0.15, 0.2) is 36.4 Å². The second-order valence-corrected chi connectivity index (χ2v) is 2.32. The van der Waals surface area contributed by atoms with Gasteiger partial charge in [-0.05, 0) is 17.7 Å². The molecule has 0 heterocycles. The summed E-state index contributed by atoms with van der Waals surface area (Å²) in [7, 11) is 1.52. The molecule has 0 saturated carbocycles. The van der Waals surface area contributed by atoms with Crippen LogP contribution in [0, 0.1) is 18.4 Å². The Morgan fingerprint density at radius 3 is 2.69 bits per heavy atom. The zero-order valence-electron chi connectivity index (χ0n) is 7.45. The quantitative estimate of drug-likeness (QED) is 0.619. The minimum Gasteiger partial charge on any atom is -0.358 e. The van der Waals surface area contributed by atoms with E-state index >= 15 is 0 Å². The minimum atomic E-state index is 1.13. The van der Waals surface area contributed by atoms with Crippen molar-refractivity contribution < 1.29 is 4.74 Å². The maximum atomic E-state index is 4.54. The molecular formula is C12H10O. The van der Waals surface area contributed by atoms with Crippen molar-refractivity contribution in [3.63, 3.8) is 0 Å². The molecular weight excluding hydrogens is 160 g/mol. The molecule has 0 bridgehead atoms. The van der Waals surface area contributed by atoms with Crippen LogP contribution < -0.4 is 0 Å². The van der Waals surface area contributed by atoms with Crippen molar-refractivity contribution in [3.8, 4) is 11.8 Å². The zero-order valence-corrected chi connectivity index (χ0v) is 7.45. The Labute approximate surface area is 79.0 Å². The van der Waals surface area contributed by atoms with Crippen LogP contribution in [0.25, 0.3) is 6.08 Å². The summed E-state index contributed by atoms with van der Waals surface area (Å²) in [5.74, 6) is 5.36. The summed E-state index contributed by atoms with van der Waals surface area (Å²) in [5.41, 5.74) is 1.13. The molecule has 1 nitrogen and oxygen atoms in total. The number of benzene rings is 1. The fourth-order valence-electron chi connectivity index (χ4n) is 0.824. The highest BCUT2D eigenvalue weighted by atomic mass is 16.5. The Bertz CT molecular complexity index is 314. The van der Waals surface area contributed by atoms with Gasteiger partial charge in [-0.25, -0.2) is 0 Å². The Hall–Kier alpha value is -1.52. The Balaban J connectivity index is 2.47. The maximum absolute atomic E-state index is 4.54. The van der Waals surface area contributed by atoms with Crippen LogP contribution >= 0.6 is 0 Å². The molecule has 0 N–H and O–H groups in total. The molecule has 0 aliphatic heterocycles. The summed E-state index contributed by atoms with van der Waals surface area (Å²) in [4.78, 5) is 0. The second kappa shape index (κ2) is 6.05. The first kappa shape index (κ1) is 9.57. The molecule has 1 rings (SSSR count). The van der Waals surface area contributed by atoms with Gasteiger partial charge in [-0.3, -0.25) is 0 Å². The Morgan fingerprint density at radius 2 is 2.00 bits per heavy atom. The highest BCUT2D eigenvalue weighted by molar-refractivity contribution is 5.52. The zero-order chi connectivity index (χ0) is 9.36. The third-order valence-electron chi connectivity index (χ3n) is 1.38. The number of rotatable bonds is 2. The normalized spacial score (nSPS) is 9.62. The van der Waals surface area contributed by atoms with Gasteiger partial charge in [0.2, 0.25) is 6.61 Å². The summed E-state index contributed by atoms with van der Waals surface area (Å²) in [6.45, 7) is 2.42. The lowest BCUT2D eigenvalue weighted by Crippen LogP contribution is -1.71. The minimum absolute atomic E-state index is 1.13. The molecule has 0 amide bonds. The van der Waals surface area contributed by atoms with Crippen LogP contribution in [0.2, 0.25) is 0 Å². The van der Waals surface area contributed by atoms with Crippen molar-refractivity contribution in [1.29, 1.82) is 0 Å². The monoisotopic (exact) mass is 170 g/mol. The van der Waals surface area contributed by atoms with Crippen molar-refractivity contribution in [1.82, 2.24) is 0 Å². The Morgan fingerprint density at radius 1 is 1.23 bits per heavy atom. The average Bonchev–Trinajstić information content (AvgIpc) is 2.19. The topological polar surface area (TPSA) is 9.23 Å². The van der Waals surface area contributed by atoms with Crippen LogP contribution in [0.5, 0.6) is 0 Å². The summed E-state index contributed by atoms with van der Waals surface area (Å²) >= 11 is 0. The van der Waals surface area contributed by atoms with Gasteiger partial charge in [0, 0.05) is 7.11 Å². The van der Waals surface area contributed by atoms with Gasteiger partial charge < -0.3 is 4.74 Å². The van der Waals surface area contributed by atoms with Crippen molar-refractivity contribution in [2.45, 2.75) is 0 Å². The van der Waals surface area contributed by atoms with Gasteiger partial charge in [0.1, 0.15) is 0 Å². The van der Waals surface area contributed by atoms with E-state index in [1.165, 1.54) is 7.11 Å². The first-order chi connectivity index (χ1) is 6.43. The van der Waals surface area contributed by atoms with E-state index in [4.69, 9.17) is 0 Å². The van der Waals surface area contributed by atoms with Gasteiger partial charge in [-0.2, -0.15) is 0 Å². The maximum Gasteiger partial charge on any atom is 0.217 e. The van der Waals surface area contributed by atoms with Crippen LogP contribution in [0.4, 0.5) is 0 Å². The van der Waals surface area contributed by atoms with E-state index in [2.05, 4.69) is 23.2 Å². The molecule has 0 unspecified atom stereocenters. The molecule has 0 aromatic heterocycles. The molecule has 1 aromatic rings. The number of ether oxygens (including phenoxy) is 1. The van der Waals surface area contributed by atoms with Crippen LogP contribution in [-0.4, -0.2) is 7.11 Å². The van der Waals surface area contributed by atoms with Gasteiger partial charge in [-0.15, -0.1) is 0 Å². The van der Waals surface area contributed by atoms with Gasteiger partial charge in [-0.1, -0.05) is 42.2 Å². The predicted molar refractivity (Wildman–Crippen MR) is 53.5 cm³/mol. The molecule has 1 heteroatoms.